The third-order valence-corrected chi connectivity index (χ3v) is 5.70. The van der Waals surface area contributed by atoms with Crippen LogP contribution in [0.5, 0.6) is 5.75 Å². The predicted octanol–water partition coefficient (Wildman–Crippen LogP) is 2.39. The van der Waals surface area contributed by atoms with Gasteiger partial charge in [-0.05, 0) is 42.8 Å². The number of methoxy groups -OCH3 is 1. The highest BCUT2D eigenvalue weighted by atomic mass is 16.5. The Morgan fingerprint density at radius 2 is 1.68 bits per heavy atom. The second-order valence-corrected chi connectivity index (χ2v) is 7.28. The van der Waals surface area contributed by atoms with Crippen molar-refractivity contribution in [2.45, 2.75) is 19.5 Å². The first-order chi connectivity index (χ1) is 13.6. The molecular weight excluding hydrogens is 354 g/mol. The van der Waals surface area contributed by atoms with Crippen LogP contribution in [-0.4, -0.2) is 60.9 Å². The first kappa shape index (κ1) is 18.3. The summed E-state index contributed by atoms with van der Waals surface area (Å²) in [6.07, 6.45) is 0. The first-order valence-corrected chi connectivity index (χ1v) is 9.65. The average Bonchev–Trinajstić information content (AvgIpc) is 3.09. The van der Waals surface area contributed by atoms with E-state index in [-0.39, 0.29) is 11.8 Å². The number of hydrogen-bond donors (Lipinski definition) is 0. The molecule has 0 unspecified atom stereocenters. The summed E-state index contributed by atoms with van der Waals surface area (Å²) in [5.41, 5.74) is 2.84. The lowest BCUT2D eigenvalue weighted by molar-refractivity contribution is -0.136. The summed E-state index contributed by atoms with van der Waals surface area (Å²) < 4.78 is 5.21. The highest BCUT2D eigenvalue weighted by molar-refractivity contribution is 6.01. The molecule has 6 nitrogen and oxygen atoms in total. The van der Waals surface area contributed by atoms with E-state index in [1.54, 1.807) is 12.0 Å². The van der Waals surface area contributed by atoms with E-state index < -0.39 is 6.04 Å². The van der Waals surface area contributed by atoms with Gasteiger partial charge in [0.15, 0.2) is 0 Å². The molecule has 6 heteroatoms. The number of hydrogen-bond acceptors (Lipinski definition) is 4. The van der Waals surface area contributed by atoms with Crippen molar-refractivity contribution in [1.29, 1.82) is 0 Å². The van der Waals surface area contributed by atoms with E-state index in [9.17, 15) is 9.59 Å². The summed E-state index contributed by atoms with van der Waals surface area (Å²) in [5.74, 6) is 0.812. The van der Waals surface area contributed by atoms with Gasteiger partial charge in [0, 0.05) is 44.0 Å². The molecule has 0 spiro atoms. The molecule has 146 valence electrons. The Hall–Kier alpha value is -3.02. The van der Waals surface area contributed by atoms with Crippen molar-refractivity contribution in [2.24, 2.45) is 0 Å². The third kappa shape index (κ3) is 3.30. The predicted molar refractivity (Wildman–Crippen MR) is 108 cm³/mol. The lowest BCUT2D eigenvalue weighted by atomic mass is 10.1. The second kappa shape index (κ2) is 7.54. The fourth-order valence-electron chi connectivity index (χ4n) is 3.97. The Kier molecular flexibility index (Phi) is 4.94. The van der Waals surface area contributed by atoms with Crippen LogP contribution in [0, 0.1) is 0 Å². The standard InChI is InChI=1S/C22H25N3O3/c1-16(25-15-17-5-3-4-6-20(17)22(25)27)21(26)24-13-11-23(12-14-24)18-7-9-19(28-2)10-8-18/h3-10,16H,11-15H2,1-2H3/t16-/m1/s1. The molecule has 2 aromatic carbocycles. The van der Waals surface area contributed by atoms with Gasteiger partial charge >= 0.3 is 0 Å². The largest absolute Gasteiger partial charge is 0.497 e. The molecule has 2 aromatic rings. The minimum absolute atomic E-state index is 0.0236. The van der Waals surface area contributed by atoms with E-state index >= 15 is 0 Å². The number of ether oxygens (including phenoxy) is 1. The molecule has 2 heterocycles. The zero-order valence-corrected chi connectivity index (χ0v) is 16.3. The molecule has 0 bridgehead atoms. The van der Waals surface area contributed by atoms with Gasteiger partial charge in [-0.15, -0.1) is 0 Å². The van der Waals surface area contributed by atoms with Crippen molar-refractivity contribution in [2.75, 3.05) is 38.2 Å². The van der Waals surface area contributed by atoms with Gasteiger partial charge in [-0.25, -0.2) is 0 Å². The fraction of sp³-hybridized carbons (Fsp3) is 0.364. The second-order valence-electron chi connectivity index (χ2n) is 7.28. The molecule has 0 aliphatic carbocycles. The number of anilines is 1. The van der Waals surface area contributed by atoms with E-state index in [2.05, 4.69) is 4.90 Å². The van der Waals surface area contributed by atoms with Crippen LogP contribution in [0.1, 0.15) is 22.8 Å². The van der Waals surface area contributed by atoms with Crippen molar-refractivity contribution in [3.8, 4) is 5.75 Å². The van der Waals surface area contributed by atoms with Crippen LogP contribution in [0.25, 0.3) is 0 Å². The van der Waals surface area contributed by atoms with Crippen LogP contribution in [0.15, 0.2) is 48.5 Å². The Morgan fingerprint density at radius 1 is 1.00 bits per heavy atom. The molecule has 1 fully saturated rings. The van der Waals surface area contributed by atoms with Crippen LogP contribution in [0.3, 0.4) is 0 Å². The summed E-state index contributed by atoms with van der Waals surface area (Å²) in [6, 6.07) is 15.1. The van der Waals surface area contributed by atoms with Crippen LogP contribution >= 0.6 is 0 Å². The molecule has 2 aliphatic rings. The normalized spacial score (nSPS) is 17.5. The molecule has 1 saturated heterocycles. The number of nitrogens with zero attached hydrogens (tertiary/aromatic N) is 3. The van der Waals surface area contributed by atoms with Gasteiger partial charge in [0.1, 0.15) is 11.8 Å². The Balaban J connectivity index is 1.37. The lowest BCUT2D eigenvalue weighted by Gasteiger charge is -2.38. The van der Waals surface area contributed by atoms with Crippen molar-refractivity contribution < 1.29 is 14.3 Å². The maximum atomic E-state index is 13.0. The molecule has 2 amide bonds. The fourth-order valence-corrected chi connectivity index (χ4v) is 3.97. The maximum absolute atomic E-state index is 13.0. The van der Waals surface area contributed by atoms with E-state index in [1.165, 1.54) is 0 Å². The van der Waals surface area contributed by atoms with E-state index in [0.717, 1.165) is 30.1 Å². The van der Waals surface area contributed by atoms with Gasteiger partial charge in [-0.3, -0.25) is 9.59 Å². The number of fused-ring (bicyclic) bond motifs is 1. The van der Waals surface area contributed by atoms with Crippen LogP contribution < -0.4 is 9.64 Å². The molecule has 4 rings (SSSR count). The minimum Gasteiger partial charge on any atom is -0.497 e. The third-order valence-electron chi connectivity index (χ3n) is 5.70. The zero-order chi connectivity index (χ0) is 19.7. The van der Waals surface area contributed by atoms with Gasteiger partial charge in [0.25, 0.3) is 5.91 Å². The number of carbonyl (C=O) groups excluding carboxylic acids is 2. The average molecular weight is 379 g/mol. The topological polar surface area (TPSA) is 53.1 Å². The summed E-state index contributed by atoms with van der Waals surface area (Å²) >= 11 is 0. The number of amides is 2. The van der Waals surface area contributed by atoms with Crippen molar-refractivity contribution >= 4 is 17.5 Å². The summed E-state index contributed by atoms with van der Waals surface area (Å²) in [4.78, 5) is 31.5. The number of piperazine rings is 1. The Morgan fingerprint density at radius 3 is 2.32 bits per heavy atom. The Bertz CT molecular complexity index is 873. The number of rotatable bonds is 4. The first-order valence-electron chi connectivity index (χ1n) is 9.65. The molecule has 1 atom stereocenters. The van der Waals surface area contributed by atoms with Crippen LogP contribution in [0.4, 0.5) is 5.69 Å². The highest BCUT2D eigenvalue weighted by Crippen LogP contribution is 2.26. The summed E-state index contributed by atoms with van der Waals surface area (Å²) in [6.45, 7) is 5.21. The molecule has 2 aliphatic heterocycles. The van der Waals surface area contributed by atoms with Crippen molar-refractivity contribution in [3.05, 3.63) is 59.7 Å². The SMILES string of the molecule is COc1ccc(N2CCN(C(=O)[C@@H](C)N3Cc4ccccc4C3=O)CC2)cc1. The summed E-state index contributed by atoms with van der Waals surface area (Å²) in [7, 11) is 1.66. The quantitative estimate of drug-likeness (QED) is 0.819. The molecule has 0 N–H and O–H groups in total. The maximum Gasteiger partial charge on any atom is 0.255 e. The van der Waals surface area contributed by atoms with Gasteiger partial charge in [-0.1, -0.05) is 18.2 Å². The van der Waals surface area contributed by atoms with E-state index in [4.69, 9.17) is 4.74 Å². The Labute approximate surface area is 165 Å². The zero-order valence-electron chi connectivity index (χ0n) is 16.3. The molecule has 28 heavy (non-hydrogen) atoms. The summed E-state index contributed by atoms with van der Waals surface area (Å²) in [5, 5.41) is 0. The van der Waals surface area contributed by atoms with Gasteiger partial charge in [0.05, 0.1) is 7.11 Å². The van der Waals surface area contributed by atoms with Crippen LogP contribution in [-0.2, 0) is 11.3 Å². The molecule has 0 radical (unpaired) electrons. The molecule has 0 aromatic heterocycles. The number of benzene rings is 2. The monoisotopic (exact) mass is 379 g/mol. The van der Waals surface area contributed by atoms with Gasteiger partial charge in [-0.2, -0.15) is 0 Å². The smallest absolute Gasteiger partial charge is 0.255 e. The van der Waals surface area contributed by atoms with E-state index in [0.29, 0.717) is 25.2 Å². The van der Waals surface area contributed by atoms with Gasteiger partial charge < -0.3 is 19.4 Å². The van der Waals surface area contributed by atoms with Crippen LogP contribution in [0.2, 0.25) is 0 Å². The lowest BCUT2D eigenvalue weighted by Crippen LogP contribution is -2.54. The van der Waals surface area contributed by atoms with Crippen molar-refractivity contribution in [1.82, 2.24) is 9.80 Å². The highest BCUT2D eigenvalue weighted by Gasteiger charge is 2.36. The minimum atomic E-state index is -0.451. The molecule has 0 saturated carbocycles. The number of carbonyl (C=O) groups is 2. The van der Waals surface area contributed by atoms with E-state index in [1.807, 2.05) is 60.4 Å². The molecular formula is C22H25N3O3. The van der Waals surface area contributed by atoms with Gasteiger partial charge in [0.2, 0.25) is 5.91 Å². The van der Waals surface area contributed by atoms with Crippen molar-refractivity contribution in [3.63, 3.8) is 0 Å².